The lowest BCUT2D eigenvalue weighted by Gasteiger charge is -2.17. The summed E-state index contributed by atoms with van der Waals surface area (Å²) in [6.45, 7) is 4.15. The Morgan fingerprint density at radius 2 is 1.92 bits per heavy atom. The molecule has 0 aliphatic carbocycles. The van der Waals surface area contributed by atoms with Gasteiger partial charge in [0.2, 0.25) is 5.91 Å². The van der Waals surface area contributed by atoms with E-state index in [1.807, 2.05) is 24.3 Å². The molecular weight excluding hydrogens is 298 g/mol. The first kappa shape index (κ1) is 16.2. The Kier molecular flexibility index (Phi) is 4.94. The van der Waals surface area contributed by atoms with Crippen molar-refractivity contribution in [1.29, 1.82) is 0 Å². The molecule has 3 aromatic rings. The maximum absolute atomic E-state index is 12.3. The SMILES string of the molecule is CCC(NC(=O)CCc1nc2ccccc2[nH]1)c1ccc(C)cc1. The minimum atomic E-state index is 0.0582. The van der Waals surface area contributed by atoms with E-state index in [9.17, 15) is 4.79 Å². The monoisotopic (exact) mass is 321 g/mol. The van der Waals surface area contributed by atoms with Gasteiger partial charge in [-0.3, -0.25) is 4.79 Å². The highest BCUT2D eigenvalue weighted by molar-refractivity contribution is 5.77. The zero-order valence-corrected chi connectivity index (χ0v) is 14.2. The third-order valence-corrected chi connectivity index (χ3v) is 4.25. The molecule has 24 heavy (non-hydrogen) atoms. The van der Waals surface area contributed by atoms with Crippen LogP contribution in [0.2, 0.25) is 0 Å². The number of aromatic amines is 1. The lowest BCUT2D eigenvalue weighted by atomic mass is 10.0. The summed E-state index contributed by atoms with van der Waals surface area (Å²) in [5.74, 6) is 0.914. The topological polar surface area (TPSA) is 57.8 Å². The number of aromatic nitrogens is 2. The number of para-hydroxylation sites is 2. The van der Waals surface area contributed by atoms with E-state index in [1.165, 1.54) is 5.56 Å². The van der Waals surface area contributed by atoms with Crippen LogP contribution in [0.25, 0.3) is 11.0 Å². The maximum atomic E-state index is 12.3. The number of aryl methyl sites for hydroxylation is 2. The van der Waals surface area contributed by atoms with E-state index in [0.717, 1.165) is 28.8 Å². The Bertz CT molecular complexity index is 787. The lowest BCUT2D eigenvalue weighted by molar-refractivity contribution is -0.121. The number of hydrogen-bond acceptors (Lipinski definition) is 2. The van der Waals surface area contributed by atoms with Crippen molar-refractivity contribution in [3.05, 3.63) is 65.5 Å². The second-order valence-electron chi connectivity index (χ2n) is 6.14. The number of fused-ring (bicyclic) bond motifs is 1. The summed E-state index contributed by atoms with van der Waals surface area (Å²) in [7, 11) is 0. The molecule has 0 aliphatic heterocycles. The molecule has 2 N–H and O–H groups in total. The highest BCUT2D eigenvalue weighted by Gasteiger charge is 2.13. The van der Waals surface area contributed by atoms with Crippen LogP contribution in [0.5, 0.6) is 0 Å². The third kappa shape index (κ3) is 3.82. The van der Waals surface area contributed by atoms with Gasteiger partial charge in [-0.1, -0.05) is 48.9 Å². The molecule has 0 radical (unpaired) electrons. The van der Waals surface area contributed by atoms with E-state index >= 15 is 0 Å². The van der Waals surface area contributed by atoms with Crippen LogP contribution in [-0.2, 0) is 11.2 Å². The number of nitrogens with zero attached hydrogens (tertiary/aromatic N) is 1. The standard InChI is InChI=1S/C20H23N3O/c1-3-16(15-10-8-14(2)9-11-15)23-20(24)13-12-19-21-17-6-4-5-7-18(17)22-19/h4-11,16H,3,12-13H2,1-2H3,(H,21,22)(H,23,24). The van der Waals surface area contributed by atoms with Gasteiger partial charge in [0.25, 0.3) is 0 Å². The number of benzene rings is 2. The fourth-order valence-electron chi connectivity index (χ4n) is 2.84. The fraction of sp³-hybridized carbons (Fsp3) is 0.300. The molecule has 0 fully saturated rings. The molecule has 3 rings (SSSR count). The van der Waals surface area contributed by atoms with Gasteiger partial charge in [0, 0.05) is 12.8 Å². The van der Waals surface area contributed by atoms with Gasteiger partial charge < -0.3 is 10.3 Å². The van der Waals surface area contributed by atoms with Gasteiger partial charge in [0.15, 0.2) is 0 Å². The number of carbonyl (C=O) groups is 1. The Hall–Kier alpha value is -2.62. The van der Waals surface area contributed by atoms with Gasteiger partial charge in [-0.15, -0.1) is 0 Å². The zero-order valence-electron chi connectivity index (χ0n) is 14.2. The van der Waals surface area contributed by atoms with Crippen LogP contribution in [-0.4, -0.2) is 15.9 Å². The van der Waals surface area contributed by atoms with Crippen molar-refractivity contribution < 1.29 is 4.79 Å². The Labute approximate surface area is 142 Å². The number of amides is 1. The van der Waals surface area contributed by atoms with Crippen LogP contribution in [0, 0.1) is 6.92 Å². The zero-order chi connectivity index (χ0) is 16.9. The Morgan fingerprint density at radius 3 is 2.62 bits per heavy atom. The molecule has 1 aromatic heterocycles. The summed E-state index contributed by atoms with van der Waals surface area (Å²) in [6.07, 6.45) is 1.92. The predicted octanol–water partition coefficient (Wildman–Crippen LogP) is 4.07. The second kappa shape index (κ2) is 7.30. The summed E-state index contributed by atoms with van der Waals surface area (Å²) >= 11 is 0. The summed E-state index contributed by atoms with van der Waals surface area (Å²) in [5.41, 5.74) is 4.34. The van der Waals surface area contributed by atoms with Crippen molar-refractivity contribution in [3.63, 3.8) is 0 Å². The summed E-state index contributed by atoms with van der Waals surface area (Å²) in [5, 5.41) is 3.13. The van der Waals surface area contributed by atoms with Crippen LogP contribution < -0.4 is 5.32 Å². The third-order valence-electron chi connectivity index (χ3n) is 4.25. The molecular formula is C20H23N3O. The van der Waals surface area contributed by atoms with Crippen LogP contribution in [0.4, 0.5) is 0 Å². The molecule has 124 valence electrons. The van der Waals surface area contributed by atoms with Crippen molar-refractivity contribution in [2.24, 2.45) is 0 Å². The van der Waals surface area contributed by atoms with E-state index in [2.05, 4.69) is 53.4 Å². The van der Waals surface area contributed by atoms with E-state index < -0.39 is 0 Å². The molecule has 1 unspecified atom stereocenters. The van der Waals surface area contributed by atoms with Gasteiger partial charge in [-0.05, 0) is 31.0 Å². The van der Waals surface area contributed by atoms with Crippen LogP contribution in [0.1, 0.15) is 42.8 Å². The van der Waals surface area contributed by atoms with Crippen molar-refractivity contribution in [2.75, 3.05) is 0 Å². The second-order valence-corrected chi connectivity index (χ2v) is 6.14. The van der Waals surface area contributed by atoms with Crippen molar-refractivity contribution in [2.45, 2.75) is 39.2 Å². The number of H-pyrrole nitrogens is 1. The van der Waals surface area contributed by atoms with E-state index in [1.54, 1.807) is 0 Å². The van der Waals surface area contributed by atoms with E-state index in [-0.39, 0.29) is 11.9 Å². The molecule has 1 heterocycles. The summed E-state index contributed by atoms with van der Waals surface area (Å²) < 4.78 is 0. The average molecular weight is 321 g/mol. The molecule has 4 nitrogen and oxygen atoms in total. The van der Waals surface area contributed by atoms with Crippen LogP contribution in [0.3, 0.4) is 0 Å². The molecule has 0 aliphatic rings. The first-order valence-electron chi connectivity index (χ1n) is 8.45. The Morgan fingerprint density at radius 1 is 1.17 bits per heavy atom. The smallest absolute Gasteiger partial charge is 0.220 e. The largest absolute Gasteiger partial charge is 0.349 e. The Balaban J connectivity index is 1.58. The molecule has 1 atom stereocenters. The van der Waals surface area contributed by atoms with Gasteiger partial charge in [-0.25, -0.2) is 4.98 Å². The molecule has 0 bridgehead atoms. The first-order chi connectivity index (χ1) is 11.7. The molecule has 0 spiro atoms. The van der Waals surface area contributed by atoms with Gasteiger partial charge in [0.05, 0.1) is 17.1 Å². The van der Waals surface area contributed by atoms with Crippen LogP contribution in [0.15, 0.2) is 48.5 Å². The fourth-order valence-corrected chi connectivity index (χ4v) is 2.84. The quantitative estimate of drug-likeness (QED) is 0.719. The lowest BCUT2D eigenvalue weighted by Crippen LogP contribution is -2.28. The van der Waals surface area contributed by atoms with Gasteiger partial charge in [0.1, 0.15) is 5.82 Å². The minimum absolute atomic E-state index is 0.0582. The number of carbonyl (C=O) groups excluding carboxylic acids is 1. The normalized spacial score (nSPS) is 12.2. The average Bonchev–Trinajstić information content (AvgIpc) is 3.02. The minimum Gasteiger partial charge on any atom is -0.349 e. The van der Waals surface area contributed by atoms with Gasteiger partial charge >= 0.3 is 0 Å². The van der Waals surface area contributed by atoms with E-state index in [0.29, 0.717) is 12.8 Å². The van der Waals surface area contributed by atoms with E-state index in [4.69, 9.17) is 0 Å². The van der Waals surface area contributed by atoms with Crippen molar-refractivity contribution in [1.82, 2.24) is 15.3 Å². The first-order valence-corrected chi connectivity index (χ1v) is 8.45. The predicted molar refractivity (Wildman–Crippen MR) is 96.8 cm³/mol. The molecule has 0 saturated heterocycles. The molecule has 4 heteroatoms. The molecule has 1 amide bonds. The number of nitrogens with one attached hydrogen (secondary N) is 2. The highest BCUT2D eigenvalue weighted by atomic mass is 16.1. The number of hydrogen-bond donors (Lipinski definition) is 2. The summed E-state index contributed by atoms with van der Waals surface area (Å²) in [6, 6.07) is 16.3. The highest BCUT2D eigenvalue weighted by Crippen LogP contribution is 2.17. The molecule has 2 aromatic carbocycles. The number of imidazole rings is 1. The summed E-state index contributed by atoms with van der Waals surface area (Å²) in [4.78, 5) is 20.1. The van der Waals surface area contributed by atoms with Crippen LogP contribution >= 0.6 is 0 Å². The van der Waals surface area contributed by atoms with Crippen molar-refractivity contribution in [3.8, 4) is 0 Å². The van der Waals surface area contributed by atoms with Crippen molar-refractivity contribution >= 4 is 16.9 Å². The molecule has 0 saturated carbocycles. The maximum Gasteiger partial charge on any atom is 0.220 e. The van der Waals surface area contributed by atoms with Gasteiger partial charge in [-0.2, -0.15) is 0 Å². The number of rotatable bonds is 6.